The van der Waals surface area contributed by atoms with Crippen molar-refractivity contribution in [1.29, 1.82) is 0 Å². The van der Waals surface area contributed by atoms with Crippen LogP contribution in [0.15, 0.2) is 144 Å². The van der Waals surface area contributed by atoms with Crippen molar-refractivity contribution in [2.75, 3.05) is 4.81 Å². The first kappa shape index (κ1) is 40.9. The van der Waals surface area contributed by atoms with Crippen LogP contribution in [-0.4, -0.2) is 16.4 Å². The number of anilines is 2. The van der Waals surface area contributed by atoms with Gasteiger partial charge in [0.05, 0.1) is 11.0 Å². The van der Waals surface area contributed by atoms with Crippen LogP contribution in [0.2, 0.25) is 0 Å². The minimum absolute atomic E-state index is 0.00895. The van der Waals surface area contributed by atoms with Gasteiger partial charge in [0.1, 0.15) is 5.52 Å². The highest BCUT2D eigenvalue weighted by Gasteiger charge is 2.48. The van der Waals surface area contributed by atoms with Crippen LogP contribution < -0.4 is 15.7 Å². The smallest absolute Gasteiger partial charge is 0.333 e. The van der Waals surface area contributed by atoms with Crippen molar-refractivity contribution in [3.8, 4) is 39.4 Å². The Morgan fingerprint density at radius 3 is 2.11 bits per heavy atom. The fraction of sp³-hybridized carbons (Fsp3) is 0.234. The average molecular weight is 924 g/mol. The van der Waals surface area contributed by atoms with E-state index in [1.165, 1.54) is 114 Å². The van der Waals surface area contributed by atoms with E-state index in [9.17, 15) is 0 Å². The molecule has 340 valence electrons. The topological polar surface area (TPSA) is 34.2 Å². The van der Waals surface area contributed by atoms with Crippen LogP contribution >= 0.6 is 11.3 Å². The SMILES string of the molecule is CC(C)(C)c1ccc(N2B3c4cc5nc(-c6ccccc6)oc5cc4-n4c5cc6c(cc5c5c7sc8ccccc8c7c(c3c54)-c3cc4c(cc32)C(C)(C)c2ccccc2-4)C(C)(C)CCC6(C)C)cc1. The van der Waals surface area contributed by atoms with E-state index < -0.39 is 0 Å². The lowest BCUT2D eigenvalue weighted by Gasteiger charge is -2.43. The summed E-state index contributed by atoms with van der Waals surface area (Å²) in [4.78, 5) is 8.02. The Kier molecular flexibility index (Phi) is 7.78. The molecule has 0 atom stereocenters. The summed E-state index contributed by atoms with van der Waals surface area (Å²) in [6, 6.07) is 53.3. The fourth-order valence-corrected chi connectivity index (χ4v) is 14.8. The van der Waals surface area contributed by atoms with Crippen molar-refractivity contribution in [1.82, 2.24) is 9.55 Å². The lowest BCUT2D eigenvalue weighted by atomic mass is 9.43. The van der Waals surface area contributed by atoms with Crippen LogP contribution in [0.3, 0.4) is 0 Å². The van der Waals surface area contributed by atoms with Gasteiger partial charge in [-0.05, 0) is 145 Å². The molecule has 0 spiro atoms. The van der Waals surface area contributed by atoms with E-state index in [0.29, 0.717) is 5.89 Å². The lowest BCUT2D eigenvalue weighted by molar-refractivity contribution is 0.332. The van der Waals surface area contributed by atoms with E-state index in [-0.39, 0.29) is 28.5 Å². The zero-order valence-electron chi connectivity index (χ0n) is 41.4. The molecule has 0 radical (unpaired) electrons. The standard InChI is InChI=1S/C64H54BN3OS/c1-61(2,3)36-23-25-37(26-24-36)68-50-31-44-40(38-19-13-15-21-43(38)64(44,8)9)29-41(50)54-55-39-20-14-16-22-53(39)70-59(55)56-42-30-45-46(63(6,7)28-27-62(45,4)5)32-49(42)67-51-34-52-48(33-47(51)65(68)57(54)58(56)67)66-60(69-52)35-17-11-10-12-18-35/h10-26,29-34H,27-28H2,1-9H3. The predicted molar refractivity (Wildman–Crippen MR) is 297 cm³/mol. The van der Waals surface area contributed by atoms with Gasteiger partial charge in [-0.1, -0.05) is 135 Å². The highest BCUT2D eigenvalue weighted by molar-refractivity contribution is 7.27. The van der Waals surface area contributed by atoms with E-state index in [4.69, 9.17) is 9.40 Å². The van der Waals surface area contributed by atoms with Gasteiger partial charge < -0.3 is 13.8 Å². The zero-order chi connectivity index (χ0) is 47.5. The van der Waals surface area contributed by atoms with Gasteiger partial charge in [0.2, 0.25) is 5.89 Å². The van der Waals surface area contributed by atoms with Crippen molar-refractivity contribution < 1.29 is 4.42 Å². The molecule has 0 unspecified atom stereocenters. The molecule has 0 saturated heterocycles. The van der Waals surface area contributed by atoms with Crippen LogP contribution in [0.25, 0.3) is 92.5 Å². The molecule has 2 aliphatic carbocycles. The molecule has 2 aliphatic heterocycles. The molecule has 0 amide bonds. The monoisotopic (exact) mass is 923 g/mol. The maximum Gasteiger partial charge on any atom is 0.333 e. The van der Waals surface area contributed by atoms with Crippen molar-refractivity contribution in [3.63, 3.8) is 0 Å². The Balaban J connectivity index is 1.17. The Hall–Kier alpha value is -6.89. The second kappa shape index (κ2) is 13.3. The van der Waals surface area contributed by atoms with Gasteiger partial charge in [0.15, 0.2) is 5.58 Å². The summed E-state index contributed by atoms with van der Waals surface area (Å²) >= 11 is 1.97. The summed E-state index contributed by atoms with van der Waals surface area (Å²) in [6.45, 7) is 21.4. The normalized spacial score (nSPS) is 16.8. The summed E-state index contributed by atoms with van der Waals surface area (Å²) in [7, 11) is 0. The van der Waals surface area contributed by atoms with Crippen LogP contribution in [0.5, 0.6) is 0 Å². The van der Waals surface area contributed by atoms with Crippen molar-refractivity contribution in [2.45, 2.75) is 96.8 Å². The number of hydrogen-bond acceptors (Lipinski definition) is 4. The maximum atomic E-state index is 6.84. The van der Waals surface area contributed by atoms with Gasteiger partial charge in [-0.3, -0.25) is 0 Å². The maximum absolute atomic E-state index is 6.84. The van der Waals surface area contributed by atoms with Gasteiger partial charge in [-0.2, -0.15) is 0 Å². The number of nitrogens with zero attached hydrogens (tertiary/aromatic N) is 3. The van der Waals surface area contributed by atoms with E-state index in [0.717, 1.165) is 35.2 Å². The van der Waals surface area contributed by atoms with Crippen molar-refractivity contribution in [3.05, 3.63) is 167 Å². The molecule has 3 aromatic heterocycles. The van der Waals surface area contributed by atoms with Crippen molar-refractivity contribution in [2.24, 2.45) is 0 Å². The zero-order valence-corrected chi connectivity index (χ0v) is 42.2. The van der Waals surface area contributed by atoms with Crippen LogP contribution in [0.1, 0.15) is 103 Å². The van der Waals surface area contributed by atoms with E-state index in [1.807, 2.05) is 11.3 Å². The molecular weight excluding hydrogens is 870 g/mol. The molecule has 8 aromatic carbocycles. The Morgan fingerprint density at radius 2 is 1.34 bits per heavy atom. The molecule has 0 N–H and O–H groups in total. The number of benzene rings is 8. The molecule has 0 fully saturated rings. The van der Waals surface area contributed by atoms with Gasteiger partial charge in [0.25, 0.3) is 0 Å². The second-order valence-corrected chi connectivity index (χ2v) is 24.8. The van der Waals surface area contributed by atoms with Crippen molar-refractivity contribution >= 4 is 93.6 Å². The van der Waals surface area contributed by atoms with Gasteiger partial charge >= 0.3 is 6.85 Å². The number of fused-ring (bicyclic) bond motifs is 18. The summed E-state index contributed by atoms with van der Waals surface area (Å²) in [5, 5.41) is 5.40. The molecular formula is C64H54BN3OS. The van der Waals surface area contributed by atoms with E-state index in [1.54, 1.807) is 0 Å². The molecule has 0 saturated carbocycles. The average Bonchev–Trinajstić information content (AvgIpc) is 4.10. The van der Waals surface area contributed by atoms with Gasteiger partial charge in [-0.15, -0.1) is 11.3 Å². The Bertz CT molecular complexity index is 4140. The first-order valence-corrected chi connectivity index (χ1v) is 26.1. The first-order valence-electron chi connectivity index (χ1n) is 25.3. The largest absolute Gasteiger partial charge is 0.436 e. The fourth-order valence-electron chi connectivity index (χ4n) is 13.6. The summed E-state index contributed by atoms with van der Waals surface area (Å²) in [5.74, 6) is 0.643. The molecule has 4 nitrogen and oxygen atoms in total. The van der Waals surface area contributed by atoms with Crippen LogP contribution in [0.4, 0.5) is 11.4 Å². The highest BCUT2D eigenvalue weighted by atomic mass is 32.1. The molecule has 70 heavy (non-hydrogen) atoms. The van der Waals surface area contributed by atoms with Gasteiger partial charge in [-0.25, -0.2) is 4.98 Å². The summed E-state index contributed by atoms with van der Waals surface area (Å²) in [5.41, 5.74) is 23.7. The van der Waals surface area contributed by atoms with Crippen LogP contribution in [-0.2, 0) is 21.7 Å². The molecule has 11 aromatic rings. The molecule has 15 rings (SSSR count). The molecule has 4 aliphatic rings. The second-order valence-electron chi connectivity index (χ2n) is 23.8. The number of oxazole rings is 1. The highest BCUT2D eigenvalue weighted by Crippen LogP contribution is 2.58. The Morgan fingerprint density at radius 1 is 0.629 bits per heavy atom. The number of thiophene rings is 1. The third-order valence-corrected chi connectivity index (χ3v) is 18.6. The van der Waals surface area contributed by atoms with Gasteiger partial charge in [0, 0.05) is 70.6 Å². The lowest BCUT2D eigenvalue weighted by Crippen LogP contribution is -2.60. The number of rotatable bonds is 2. The molecule has 0 bridgehead atoms. The molecule has 6 heteroatoms. The quantitative estimate of drug-likeness (QED) is 0.162. The predicted octanol–water partition coefficient (Wildman–Crippen LogP) is 16.2. The first-order chi connectivity index (χ1) is 33.6. The minimum atomic E-state index is -0.186. The van der Waals surface area contributed by atoms with Crippen LogP contribution in [0, 0.1) is 0 Å². The third kappa shape index (κ3) is 5.20. The minimum Gasteiger partial charge on any atom is -0.436 e. The van der Waals surface area contributed by atoms with E-state index >= 15 is 0 Å². The van der Waals surface area contributed by atoms with E-state index in [2.05, 4.69) is 211 Å². The summed E-state index contributed by atoms with van der Waals surface area (Å²) < 4.78 is 12.2. The molecule has 5 heterocycles. The third-order valence-electron chi connectivity index (χ3n) is 17.4. The number of hydrogen-bond donors (Lipinski definition) is 0. The number of aromatic nitrogens is 2. The summed E-state index contributed by atoms with van der Waals surface area (Å²) in [6.07, 6.45) is 2.31. The Labute approximate surface area is 413 Å².